The Morgan fingerprint density at radius 3 is 2.36 bits per heavy atom. The quantitative estimate of drug-likeness (QED) is 0.670. The van der Waals surface area contributed by atoms with Gasteiger partial charge < -0.3 is 14.9 Å². The molecule has 0 bridgehead atoms. The molecule has 0 radical (unpaired) electrons. The van der Waals surface area contributed by atoms with Gasteiger partial charge in [-0.05, 0) is 6.92 Å². The molecule has 0 aromatic rings. The fourth-order valence-electron chi connectivity index (χ4n) is 1.67. The smallest absolute Gasteiger partial charge is 0.408 e. The van der Waals surface area contributed by atoms with Crippen molar-refractivity contribution >= 4 is 12.1 Å². The zero-order valence-corrected chi connectivity index (χ0v) is 8.06. The maximum absolute atomic E-state index is 10.9. The van der Waals surface area contributed by atoms with Crippen molar-refractivity contribution in [2.75, 3.05) is 13.7 Å². The topological polar surface area (TPSA) is 87.1 Å². The Balaban J connectivity index is 2.92. The summed E-state index contributed by atoms with van der Waals surface area (Å²) in [6, 6.07) is 0. The van der Waals surface area contributed by atoms with E-state index in [4.69, 9.17) is 14.9 Å². The van der Waals surface area contributed by atoms with Gasteiger partial charge in [0.1, 0.15) is 5.54 Å². The van der Waals surface area contributed by atoms with E-state index < -0.39 is 17.6 Å². The van der Waals surface area contributed by atoms with E-state index in [2.05, 4.69) is 0 Å². The van der Waals surface area contributed by atoms with Crippen LogP contribution in [0.3, 0.4) is 0 Å². The standard InChI is InChI=1S/C8H13NO5/c1-8(6(10)11)3-5(14-2)4-9(8)7(12)13/h5H,3-4H2,1-2H3,(H,10,11)(H,12,13). The molecule has 1 aliphatic heterocycles. The molecule has 0 aliphatic carbocycles. The Kier molecular flexibility index (Phi) is 2.66. The third kappa shape index (κ3) is 1.52. The first kappa shape index (κ1) is 10.8. The zero-order valence-electron chi connectivity index (χ0n) is 8.06. The number of likely N-dealkylation sites (tertiary alicyclic amines) is 1. The lowest BCUT2D eigenvalue weighted by Crippen LogP contribution is -2.50. The van der Waals surface area contributed by atoms with Gasteiger partial charge in [0.25, 0.3) is 0 Å². The summed E-state index contributed by atoms with van der Waals surface area (Å²) in [5, 5.41) is 17.8. The average molecular weight is 203 g/mol. The van der Waals surface area contributed by atoms with Gasteiger partial charge in [0.05, 0.1) is 12.6 Å². The minimum absolute atomic E-state index is 0.106. The van der Waals surface area contributed by atoms with Crippen LogP contribution in [0.2, 0.25) is 0 Å². The van der Waals surface area contributed by atoms with Crippen molar-refractivity contribution in [3.8, 4) is 0 Å². The molecule has 1 saturated heterocycles. The predicted molar refractivity (Wildman–Crippen MR) is 46.2 cm³/mol. The van der Waals surface area contributed by atoms with Gasteiger partial charge in [0.15, 0.2) is 0 Å². The molecule has 2 N–H and O–H groups in total. The average Bonchev–Trinajstić information content (AvgIpc) is 2.44. The molecule has 2 atom stereocenters. The van der Waals surface area contributed by atoms with E-state index in [1.165, 1.54) is 14.0 Å². The fraction of sp³-hybridized carbons (Fsp3) is 0.750. The van der Waals surface area contributed by atoms with Crippen LogP contribution in [0.25, 0.3) is 0 Å². The molecular weight excluding hydrogens is 190 g/mol. The normalized spacial score (nSPS) is 31.9. The molecule has 6 nitrogen and oxygen atoms in total. The minimum Gasteiger partial charge on any atom is -0.480 e. The Morgan fingerprint density at radius 1 is 1.50 bits per heavy atom. The molecular formula is C8H13NO5. The van der Waals surface area contributed by atoms with Crippen LogP contribution in [0.1, 0.15) is 13.3 Å². The van der Waals surface area contributed by atoms with E-state index in [1.807, 2.05) is 0 Å². The SMILES string of the molecule is COC1CN(C(=O)O)C(C)(C(=O)O)C1. The van der Waals surface area contributed by atoms with Gasteiger partial charge in [-0.2, -0.15) is 0 Å². The van der Waals surface area contributed by atoms with E-state index in [1.54, 1.807) is 0 Å². The maximum Gasteiger partial charge on any atom is 0.408 e. The molecule has 2 unspecified atom stereocenters. The molecule has 0 aromatic carbocycles. The van der Waals surface area contributed by atoms with Crippen molar-refractivity contribution in [2.45, 2.75) is 25.0 Å². The Labute approximate surface area is 81.1 Å². The summed E-state index contributed by atoms with van der Waals surface area (Å²) in [5.74, 6) is -1.14. The third-order valence-corrected chi connectivity index (χ3v) is 2.63. The van der Waals surface area contributed by atoms with Gasteiger partial charge in [-0.3, -0.25) is 4.90 Å². The number of carboxylic acid groups (broad SMARTS) is 2. The lowest BCUT2D eigenvalue weighted by Gasteiger charge is -2.27. The number of carboxylic acids is 1. The number of nitrogens with zero attached hydrogens (tertiary/aromatic N) is 1. The van der Waals surface area contributed by atoms with Crippen molar-refractivity contribution in [3.63, 3.8) is 0 Å². The van der Waals surface area contributed by atoms with Gasteiger partial charge in [0.2, 0.25) is 0 Å². The van der Waals surface area contributed by atoms with Crippen molar-refractivity contribution in [1.29, 1.82) is 0 Å². The number of hydrogen-bond donors (Lipinski definition) is 2. The summed E-state index contributed by atoms with van der Waals surface area (Å²) < 4.78 is 4.97. The number of amides is 1. The Bertz CT molecular complexity index is 266. The molecule has 1 heterocycles. The number of rotatable bonds is 2. The second-order valence-electron chi connectivity index (χ2n) is 3.53. The lowest BCUT2D eigenvalue weighted by atomic mass is 9.99. The summed E-state index contributed by atoms with van der Waals surface area (Å²) in [5.41, 5.74) is -1.37. The van der Waals surface area contributed by atoms with Crippen molar-refractivity contribution in [2.24, 2.45) is 0 Å². The van der Waals surface area contributed by atoms with E-state index in [-0.39, 0.29) is 19.1 Å². The van der Waals surface area contributed by atoms with Crippen LogP contribution in [-0.2, 0) is 9.53 Å². The largest absolute Gasteiger partial charge is 0.480 e. The van der Waals surface area contributed by atoms with Gasteiger partial charge in [0, 0.05) is 13.5 Å². The summed E-state index contributed by atoms with van der Waals surface area (Å²) in [4.78, 5) is 22.6. The Morgan fingerprint density at radius 2 is 2.07 bits per heavy atom. The summed E-state index contributed by atoms with van der Waals surface area (Å²) >= 11 is 0. The first-order valence-corrected chi connectivity index (χ1v) is 4.18. The first-order chi connectivity index (χ1) is 6.41. The highest BCUT2D eigenvalue weighted by Crippen LogP contribution is 2.30. The number of aliphatic carboxylic acids is 1. The predicted octanol–water partition coefficient (Wildman–Crippen LogP) is 0.228. The molecule has 1 fully saturated rings. The summed E-state index contributed by atoms with van der Waals surface area (Å²) in [6.07, 6.45) is -1.38. The van der Waals surface area contributed by atoms with Gasteiger partial charge >= 0.3 is 12.1 Å². The van der Waals surface area contributed by atoms with Crippen LogP contribution < -0.4 is 0 Å². The first-order valence-electron chi connectivity index (χ1n) is 4.18. The number of carbonyl (C=O) groups is 2. The molecule has 1 aliphatic rings. The summed E-state index contributed by atoms with van der Waals surface area (Å²) in [6.45, 7) is 1.50. The zero-order chi connectivity index (χ0) is 10.9. The van der Waals surface area contributed by atoms with Crippen LogP contribution in [0.15, 0.2) is 0 Å². The van der Waals surface area contributed by atoms with Crippen molar-refractivity contribution < 1.29 is 24.5 Å². The molecule has 6 heteroatoms. The number of methoxy groups -OCH3 is 1. The van der Waals surface area contributed by atoms with Crippen LogP contribution in [0, 0.1) is 0 Å². The highest BCUT2D eigenvalue weighted by molar-refractivity contribution is 5.84. The van der Waals surface area contributed by atoms with Gasteiger partial charge in [-0.15, -0.1) is 0 Å². The second-order valence-corrected chi connectivity index (χ2v) is 3.53. The van der Waals surface area contributed by atoms with Crippen LogP contribution in [0.4, 0.5) is 4.79 Å². The van der Waals surface area contributed by atoms with E-state index in [9.17, 15) is 9.59 Å². The molecule has 14 heavy (non-hydrogen) atoms. The highest BCUT2D eigenvalue weighted by atomic mass is 16.5. The van der Waals surface area contributed by atoms with Crippen molar-refractivity contribution in [1.82, 2.24) is 4.90 Å². The molecule has 1 amide bonds. The summed E-state index contributed by atoms with van der Waals surface area (Å²) in [7, 11) is 1.44. The maximum atomic E-state index is 10.9. The lowest BCUT2D eigenvalue weighted by molar-refractivity contribution is -0.147. The molecule has 0 aromatic heterocycles. The minimum atomic E-state index is -1.37. The molecule has 0 saturated carbocycles. The monoisotopic (exact) mass is 203 g/mol. The van der Waals surface area contributed by atoms with E-state index >= 15 is 0 Å². The third-order valence-electron chi connectivity index (χ3n) is 2.63. The van der Waals surface area contributed by atoms with Crippen LogP contribution in [-0.4, -0.2) is 52.5 Å². The van der Waals surface area contributed by atoms with Crippen LogP contribution in [0.5, 0.6) is 0 Å². The molecule has 80 valence electrons. The van der Waals surface area contributed by atoms with Gasteiger partial charge in [-0.25, -0.2) is 9.59 Å². The number of ether oxygens (including phenoxy) is 1. The van der Waals surface area contributed by atoms with E-state index in [0.717, 1.165) is 4.90 Å². The van der Waals surface area contributed by atoms with Crippen LogP contribution >= 0.6 is 0 Å². The Hall–Kier alpha value is -1.30. The molecule has 0 spiro atoms. The molecule has 1 rings (SSSR count). The van der Waals surface area contributed by atoms with E-state index in [0.29, 0.717) is 0 Å². The van der Waals surface area contributed by atoms with Crippen molar-refractivity contribution in [3.05, 3.63) is 0 Å². The highest BCUT2D eigenvalue weighted by Gasteiger charge is 2.50. The second kappa shape index (κ2) is 3.45. The fourth-order valence-corrected chi connectivity index (χ4v) is 1.67. The van der Waals surface area contributed by atoms with Gasteiger partial charge in [-0.1, -0.05) is 0 Å². The number of hydrogen-bond acceptors (Lipinski definition) is 3.